The normalized spacial score (nSPS) is 12.4. The molecule has 0 fully saturated rings. The maximum absolute atomic E-state index is 2.49. The van der Waals surface area contributed by atoms with Crippen molar-refractivity contribution in [2.24, 2.45) is 7.05 Å². The number of hydrogen-bond acceptors (Lipinski definition) is 1. The van der Waals surface area contributed by atoms with Crippen LogP contribution < -0.4 is 4.57 Å². The van der Waals surface area contributed by atoms with Crippen LogP contribution in [-0.2, 0) is 7.05 Å². The van der Waals surface area contributed by atoms with Crippen molar-refractivity contribution < 1.29 is 4.57 Å². The van der Waals surface area contributed by atoms with E-state index < -0.39 is 0 Å². The molecule has 0 atom stereocenters. The number of aryl methyl sites for hydroxylation is 2. The molecule has 6 aromatic rings. The van der Waals surface area contributed by atoms with Crippen molar-refractivity contribution in [3.63, 3.8) is 0 Å². The Kier molecular flexibility index (Phi) is 2.91. The lowest BCUT2D eigenvalue weighted by molar-refractivity contribution is -0.643. The molecule has 0 aliphatic rings. The molecular formula is C24H19N2S+. The largest absolute Gasteiger partial charge is 0.307 e. The first kappa shape index (κ1) is 15.3. The Balaban J connectivity index is 2.13. The quantitative estimate of drug-likeness (QED) is 0.153. The summed E-state index contributed by atoms with van der Waals surface area (Å²) in [5.74, 6) is 0. The van der Waals surface area contributed by atoms with Gasteiger partial charge in [0, 0.05) is 21.7 Å². The van der Waals surface area contributed by atoms with Gasteiger partial charge in [-0.25, -0.2) is 4.57 Å². The highest BCUT2D eigenvalue weighted by Gasteiger charge is 2.23. The van der Waals surface area contributed by atoms with E-state index in [9.17, 15) is 0 Å². The van der Waals surface area contributed by atoms with Gasteiger partial charge in [-0.2, -0.15) is 0 Å². The molecule has 0 bridgehead atoms. The first-order valence-electron chi connectivity index (χ1n) is 9.23. The minimum atomic E-state index is 1.29. The Morgan fingerprint density at radius 2 is 1.74 bits per heavy atom. The zero-order valence-corrected chi connectivity index (χ0v) is 16.4. The predicted octanol–water partition coefficient (Wildman–Crippen LogP) is 5.84. The van der Waals surface area contributed by atoms with Crippen LogP contribution in [0.3, 0.4) is 0 Å². The Labute approximate surface area is 161 Å². The number of thioether (sulfide) groups is 1. The second-order valence-corrected chi connectivity index (χ2v) is 8.27. The van der Waals surface area contributed by atoms with Gasteiger partial charge in [-0.1, -0.05) is 30.3 Å². The molecule has 0 N–H and O–H groups in total. The molecule has 0 aliphatic heterocycles. The van der Waals surface area contributed by atoms with E-state index in [0.29, 0.717) is 0 Å². The molecule has 0 saturated carbocycles. The SMILES string of the molecule is CSc1cc2cc[n+](C)c3c4c(C)ccc5c6ccccc6n(c(c1)c23)c54. The fourth-order valence-electron chi connectivity index (χ4n) is 4.76. The summed E-state index contributed by atoms with van der Waals surface area (Å²) in [6.07, 6.45) is 4.35. The molecule has 3 aromatic carbocycles. The highest BCUT2D eigenvalue weighted by molar-refractivity contribution is 7.98. The van der Waals surface area contributed by atoms with E-state index in [2.05, 4.69) is 90.0 Å². The van der Waals surface area contributed by atoms with Crippen LogP contribution in [0.5, 0.6) is 0 Å². The highest BCUT2D eigenvalue weighted by atomic mass is 32.2. The summed E-state index contributed by atoms with van der Waals surface area (Å²) in [5.41, 5.74) is 6.58. The van der Waals surface area contributed by atoms with Gasteiger partial charge in [-0.15, -0.1) is 11.8 Å². The van der Waals surface area contributed by atoms with Crippen LogP contribution in [0.2, 0.25) is 0 Å². The average molecular weight is 367 g/mol. The number of rotatable bonds is 1. The van der Waals surface area contributed by atoms with Gasteiger partial charge in [0.05, 0.1) is 27.3 Å². The van der Waals surface area contributed by atoms with Gasteiger partial charge in [0.25, 0.3) is 0 Å². The number of para-hydroxylation sites is 1. The number of benzene rings is 3. The summed E-state index contributed by atoms with van der Waals surface area (Å²) in [4.78, 5) is 1.30. The first-order chi connectivity index (χ1) is 13.2. The molecule has 6 rings (SSSR count). The molecule has 130 valence electrons. The number of nitrogens with zero attached hydrogens (tertiary/aromatic N) is 2. The first-order valence-corrected chi connectivity index (χ1v) is 10.5. The van der Waals surface area contributed by atoms with Crippen LogP contribution in [0, 0.1) is 6.92 Å². The Bertz CT molecular complexity index is 1520. The molecule has 27 heavy (non-hydrogen) atoms. The fourth-order valence-corrected chi connectivity index (χ4v) is 5.23. The molecule has 0 aliphatic carbocycles. The lowest BCUT2D eigenvalue weighted by Crippen LogP contribution is -2.28. The van der Waals surface area contributed by atoms with E-state index in [4.69, 9.17) is 0 Å². The third kappa shape index (κ3) is 1.80. The summed E-state index contributed by atoms with van der Waals surface area (Å²) in [6, 6.07) is 20.3. The van der Waals surface area contributed by atoms with Crippen LogP contribution in [0.4, 0.5) is 0 Å². The van der Waals surface area contributed by atoms with E-state index in [1.54, 1.807) is 0 Å². The molecule has 0 amide bonds. The van der Waals surface area contributed by atoms with Crippen LogP contribution in [-0.4, -0.2) is 10.7 Å². The van der Waals surface area contributed by atoms with Crippen molar-refractivity contribution >= 4 is 60.8 Å². The Hall–Kier alpha value is -2.78. The zero-order valence-electron chi connectivity index (χ0n) is 15.6. The zero-order chi connectivity index (χ0) is 18.3. The highest BCUT2D eigenvalue weighted by Crippen LogP contribution is 2.41. The lowest BCUT2D eigenvalue weighted by atomic mass is 10.00. The average Bonchev–Trinajstić information content (AvgIpc) is 3.03. The minimum Gasteiger partial charge on any atom is -0.307 e. The van der Waals surface area contributed by atoms with E-state index in [1.165, 1.54) is 59.5 Å². The summed E-state index contributed by atoms with van der Waals surface area (Å²) < 4.78 is 4.77. The third-order valence-corrected chi connectivity index (χ3v) is 6.65. The standard InChI is InChI=1S/C24H19N2S/c1-14-8-9-18-17-6-4-5-7-19(17)26-20-13-16(27-3)12-15-10-11-25(2)24(22(15)20)21(14)23(18)26/h4-13H,1-3H3/q+1. The maximum atomic E-state index is 2.49. The molecule has 0 spiro atoms. The summed E-state index contributed by atoms with van der Waals surface area (Å²) in [6.45, 7) is 2.23. The molecule has 3 heteroatoms. The molecule has 3 heterocycles. The molecule has 2 nitrogen and oxygen atoms in total. The minimum absolute atomic E-state index is 1.29. The molecule has 3 aromatic heterocycles. The maximum Gasteiger partial charge on any atom is 0.224 e. The van der Waals surface area contributed by atoms with E-state index in [1.807, 2.05) is 11.8 Å². The Morgan fingerprint density at radius 3 is 2.59 bits per heavy atom. The van der Waals surface area contributed by atoms with Crippen molar-refractivity contribution in [2.45, 2.75) is 11.8 Å². The number of pyridine rings is 2. The molecule has 0 unspecified atom stereocenters. The fraction of sp³-hybridized carbons (Fsp3) is 0.125. The van der Waals surface area contributed by atoms with E-state index in [-0.39, 0.29) is 0 Å². The van der Waals surface area contributed by atoms with Crippen molar-refractivity contribution in [1.29, 1.82) is 0 Å². The van der Waals surface area contributed by atoms with Gasteiger partial charge in [-0.05, 0) is 42.3 Å². The molecular weight excluding hydrogens is 348 g/mol. The lowest BCUT2D eigenvalue weighted by Gasteiger charge is -2.13. The van der Waals surface area contributed by atoms with Crippen LogP contribution in [0.1, 0.15) is 5.56 Å². The molecule has 0 radical (unpaired) electrons. The van der Waals surface area contributed by atoms with Gasteiger partial charge in [0.2, 0.25) is 5.52 Å². The monoisotopic (exact) mass is 367 g/mol. The van der Waals surface area contributed by atoms with Gasteiger partial charge in [0.15, 0.2) is 6.20 Å². The predicted molar refractivity (Wildman–Crippen MR) is 116 cm³/mol. The Morgan fingerprint density at radius 1 is 0.889 bits per heavy atom. The number of fused-ring (bicyclic) bond motifs is 5. The van der Waals surface area contributed by atoms with Crippen LogP contribution in [0.15, 0.2) is 65.7 Å². The van der Waals surface area contributed by atoms with Crippen LogP contribution >= 0.6 is 11.8 Å². The summed E-state index contributed by atoms with van der Waals surface area (Å²) >= 11 is 1.81. The van der Waals surface area contributed by atoms with E-state index in [0.717, 1.165) is 0 Å². The van der Waals surface area contributed by atoms with Crippen molar-refractivity contribution in [2.75, 3.05) is 6.26 Å². The topological polar surface area (TPSA) is 8.29 Å². The van der Waals surface area contributed by atoms with Gasteiger partial charge >= 0.3 is 0 Å². The van der Waals surface area contributed by atoms with Crippen molar-refractivity contribution in [1.82, 2.24) is 4.40 Å². The number of hydrogen-bond donors (Lipinski definition) is 0. The second kappa shape index (κ2) is 5.14. The summed E-state index contributed by atoms with van der Waals surface area (Å²) in [7, 11) is 2.16. The van der Waals surface area contributed by atoms with Gasteiger partial charge in [-0.3, -0.25) is 0 Å². The third-order valence-electron chi connectivity index (χ3n) is 5.95. The van der Waals surface area contributed by atoms with E-state index >= 15 is 0 Å². The molecule has 0 saturated heterocycles. The van der Waals surface area contributed by atoms with Gasteiger partial charge < -0.3 is 4.40 Å². The van der Waals surface area contributed by atoms with Gasteiger partial charge in [0.1, 0.15) is 7.05 Å². The van der Waals surface area contributed by atoms with Crippen molar-refractivity contribution in [3.8, 4) is 0 Å². The second-order valence-electron chi connectivity index (χ2n) is 7.39. The van der Waals surface area contributed by atoms with Crippen molar-refractivity contribution in [3.05, 3.63) is 66.4 Å². The summed E-state index contributed by atoms with van der Waals surface area (Å²) in [5, 5.41) is 6.68. The smallest absolute Gasteiger partial charge is 0.224 e. The van der Waals surface area contributed by atoms with Crippen LogP contribution in [0.25, 0.3) is 49.0 Å². The number of aromatic nitrogens is 2.